The fourth-order valence-electron chi connectivity index (χ4n) is 1.75. The van der Waals surface area contributed by atoms with Gasteiger partial charge in [0.25, 0.3) is 5.91 Å². The van der Waals surface area contributed by atoms with Crippen LogP contribution in [0.2, 0.25) is 0 Å². The molecular weight excluding hydrogens is 465 g/mol. The highest BCUT2D eigenvalue weighted by molar-refractivity contribution is 9.11. The molecule has 0 unspecified atom stereocenters. The number of rotatable bonds is 4. The zero-order valence-corrected chi connectivity index (χ0v) is 16.1. The first-order chi connectivity index (χ1) is 11.4. The Hall–Kier alpha value is -1.55. The van der Waals surface area contributed by atoms with Crippen LogP contribution in [0.5, 0.6) is 5.75 Å². The van der Waals surface area contributed by atoms with E-state index in [1.165, 1.54) is 24.3 Å². The number of phenols is 1. The second-order valence-corrected chi connectivity index (χ2v) is 6.84. The second-order valence-electron chi connectivity index (χ2n) is 4.66. The largest absolute Gasteiger partial charge is 0.506 e. The molecule has 0 aliphatic carbocycles. The monoisotopic (exact) mass is 475 g/mol. The van der Waals surface area contributed by atoms with Crippen LogP contribution in [0, 0.1) is 5.82 Å². The van der Waals surface area contributed by atoms with E-state index in [-0.39, 0.29) is 17.3 Å². The van der Waals surface area contributed by atoms with Gasteiger partial charge in [-0.2, -0.15) is 0 Å². The molecule has 2 rings (SSSR count). The molecule has 9 heteroatoms. The molecule has 0 atom stereocenters. The van der Waals surface area contributed by atoms with Crippen LogP contribution in [0.1, 0.15) is 5.56 Å². The molecule has 4 N–H and O–H groups in total. The molecule has 0 saturated carbocycles. The Morgan fingerprint density at radius 3 is 2.54 bits per heavy atom. The van der Waals surface area contributed by atoms with Crippen LogP contribution in [-0.2, 0) is 11.3 Å². The van der Waals surface area contributed by atoms with Crippen molar-refractivity contribution in [3.8, 4) is 5.75 Å². The molecule has 2 aromatic carbocycles. The van der Waals surface area contributed by atoms with E-state index < -0.39 is 11.7 Å². The third-order valence-electron chi connectivity index (χ3n) is 2.90. The minimum absolute atomic E-state index is 0.0899. The molecule has 0 aliphatic heterocycles. The third-order valence-corrected chi connectivity index (χ3v) is 4.25. The summed E-state index contributed by atoms with van der Waals surface area (Å²) in [5, 5.41) is 12.5. The summed E-state index contributed by atoms with van der Waals surface area (Å²) in [6.07, 6.45) is 0. The van der Waals surface area contributed by atoms with Crippen LogP contribution in [0.15, 0.2) is 45.3 Å². The second kappa shape index (κ2) is 8.52. The Morgan fingerprint density at radius 2 is 1.88 bits per heavy atom. The van der Waals surface area contributed by atoms with Gasteiger partial charge in [-0.25, -0.2) is 9.82 Å². The zero-order valence-electron chi connectivity index (χ0n) is 12.1. The average Bonchev–Trinajstić information content (AvgIpc) is 2.53. The highest BCUT2D eigenvalue weighted by Gasteiger charge is 2.11. The third kappa shape index (κ3) is 5.23. The van der Waals surface area contributed by atoms with Gasteiger partial charge in [-0.3, -0.25) is 4.79 Å². The van der Waals surface area contributed by atoms with E-state index in [1.807, 2.05) is 0 Å². The van der Waals surface area contributed by atoms with Gasteiger partial charge in [-0.05, 0) is 52.3 Å². The van der Waals surface area contributed by atoms with E-state index in [0.717, 1.165) is 4.47 Å². The van der Waals surface area contributed by atoms with Crippen LogP contribution in [0.4, 0.5) is 10.1 Å². The summed E-state index contributed by atoms with van der Waals surface area (Å²) in [4.78, 5) is 11.8. The Balaban J connectivity index is 1.87. The summed E-state index contributed by atoms with van der Waals surface area (Å²) in [7, 11) is 0. The summed E-state index contributed by atoms with van der Waals surface area (Å²) >= 11 is 11.5. The molecule has 1 amide bonds. The van der Waals surface area contributed by atoms with Crippen LogP contribution in [0.3, 0.4) is 0 Å². The van der Waals surface area contributed by atoms with Crippen LogP contribution >= 0.6 is 44.1 Å². The number of benzene rings is 2. The molecule has 0 radical (unpaired) electrons. The Bertz CT molecular complexity index is 772. The molecule has 5 nitrogen and oxygen atoms in total. The maximum absolute atomic E-state index is 12.8. The Kier molecular flexibility index (Phi) is 6.67. The number of hydrogen-bond donors (Lipinski definition) is 4. The predicted octanol–water partition coefficient (Wildman–Crippen LogP) is 3.62. The highest BCUT2D eigenvalue weighted by Crippen LogP contribution is 2.31. The average molecular weight is 477 g/mol. The van der Waals surface area contributed by atoms with Crippen molar-refractivity contribution in [3.05, 3.63) is 56.7 Å². The quantitative estimate of drug-likeness (QED) is 0.400. The molecule has 24 heavy (non-hydrogen) atoms. The van der Waals surface area contributed by atoms with Crippen molar-refractivity contribution in [3.63, 3.8) is 0 Å². The molecule has 126 valence electrons. The van der Waals surface area contributed by atoms with Crippen LogP contribution < -0.4 is 16.2 Å². The van der Waals surface area contributed by atoms with Crippen LogP contribution in [0.25, 0.3) is 0 Å². The van der Waals surface area contributed by atoms with Crippen molar-refractivity contribution >= 4 is 60.7 Å². The lowest BCUT2D eigenvalue weighted by atomic mass is 10.2. The predicted molar refractivity (Wildman–Crippen MR) is 101 cm³/mol. The van der Waals surface area contributed by atoms with E-state index in [2.05, 4.69) is 48.0 Å². The molecule has 0 aromatic heterocycles. The number of amides is 1. The smallest absolute Gasteiger partial charge is 0.284 e. The lowest BCUT2D eigenvalue weighted by Crippen LogP contribution is -2.42. The number of thiocarbonyl (C=S) groups is 1. The van der Waals surface area contributed by atoms with Gasteiger partial charge in [0.15, 0.2) is 4.99 Å². The SMILES string of the molecule is O=C(Nc1ccc(F)cc1)C(=S)NNCc1cc(Br)cc(Br)c1O. The molecule has 0 fully saturated rings. The molecule has 0 bridgehead atoms. The van der Waals surface area contributed by atoms with Crippen molar-refractivity contribution < 1.29 is 14.3 Å². The number of hydrazine groups is 1. The normalized spacial score (nSPS) is 10.3. The first kappa shape index (κ1) is 18.8. The summed E-state index contributed by atoms with van der Waals surface area (Å²) in [5.41, 5.74) is 6.37. The fourth-order valence-corrected chi connectivity index (χ4v) is 3.19. The molecule has 0 heterocycles. The number of aromatic hydroxyl groups is 1. The topological polar surface area (TPSA) is 73.4 Å². The van der Waals surface area contributed by atoms with Gasteiger partial charge in [0.2, 0.25) is 0 Å². The molecule has 0 aliphatic rings. The zero-order chi connectivity index (χ0) is 17.7. The van der Waals surface area contributed by atoms with Gasteiger partial charge in [0.1, 0.15) is 11.6 Å². The molecule has 0 saturated heterocycles. The van der Waals surface area contributed by atoms with E-state index in [4.69, 9.17) is 12.2 Å². The standard InChI is InChI=1S/C15H12Br2FN3O2S/c16-9-5-8(13(22)12(17)6-9)7-19-21-15(24)14(23)20-11-3-1-10(18)2-4-11/h1-6,19,22H,7H2,(H,20,23)(H,21,24). The van der Waals surface area contributed by atoms with Crippen molar-refractivity contribution in [2.75, 3.05) is 5.32 Å². The van der Waals surface area contributed by atoms with Crippen molar-refractivity contribution in [1.82, 2.24) is 10.9 Å². The number of carbonyl (C=O) groups is 1. The van der Waals surface area contributed by atoms with Crippen molar-refractivity contribution in [1.29, 1.82) is 0 Å². The molecule has 0 spiro atoms. The number of anilines is 1. The maximum atomic E-state index is 12.8. The van der Waals surface area contributed by atoms with Gasteiger partial charge in [-0.1, -0.05) is 28.1 Å². The fraction of sp³-hybridized carbons (Fsp3) is 0.0667. The number of carbonyl (C=O) groups excluding carboxylic acids is 1. The molecule has 2 aromatic rings. The Labute approximate surface area is 159 Å². The first-order valence-electron chi connectivity index (χ1n) is 6.63. The van der Waals surface area contributed by atoms with E-state index in [0.29, 0.717) is 15.7 Å². The number of halogens is 3. The summed E-state index contributed by atoms with van der Waals surface area (Å²) in [5.74, 6) is -0.840. The van der Waals surface area contributed by atoms with Gasteiger partial charge in [0, 0.05) is 22.3 Å². The highest BCUT2D eigenvalue weighted by atomic mass is 79.9. The lowest BCUT2D eigenvalue weighted by Gasteiger charge is -2.12. The Morgan fingerprint density at radius 1 is 1.21 bits per heavy atom. The van der Waals surface area contributed by atoms with Gasteiger partial charge < -0.3 is 15.8 Å². The van der Waals surface area contributed by atoms with Gasteiger partial charge in [0.05, 0.1) is 4.47 Å². The van der Waals surface area contributed by atoms with Crippen molar-refractivity contribution in [2.45, 2.75) is 6.54 Å². The minimum atomic E-state index is -0.538. The molecular formula is C15H12Br2FN3O2S. The van der Waals surface area contributed by atoms with E-state index in [1.54, 1.807) is 12.1 Å². The summed E-state index contributed by atoms with van der Waals surface area (Å²) < 4.78 is 14.2. The number of nitrogens with one attached hydrogen (secondary N) is 3. The maximum Gasteiger partial charge on any atom is 0.284 e. The van der Waals surface area contributed by atoms with E-state index in [9.17, 15) is 14.3 Å². The minimum Gasteiger partial charge on any atom is -0.506 e. The summed E-state index contributed by atoms with van der Waals surface area (Å²) in [6.45, 7) is 0.230. The van der Waals surface area contributed by atoms with Gasteiger partial charge in [-0.15, -0.1) is 0 Å². The van der Waals surface area contributed by atoms with Crippen molar-refractivity contribution in [2.24, 2.45) is 0 Å². The first-order valence-corrected chi connectivity index (χ1v) is 8.63. The van der Waals surface area contributed by atoms with Gasteiger partial charge >= 0.3 is 0 Å². The number of hydrogen-bond acceptors (Lipinski definition) is 4. The van der Waals surface area contributed by atoms with E-state index >= 15 is 0 Å². The number of phenolic OH excluding ortho intramolecular Hbond substituents is 1. The summed E-state index contributed by atoms with van der Waals surface area (Å²) in [6, 6.07) is 8.78. The van der Waals surface area contributed by atoms with Crippen LogP contribution in [-0.4, -0.2) is 16.0 Å². The lowest BCUT2D eigenvalue weighted by molar-refractivity contribution is -0.110.